The van der Waals surface area contributed by atoms with Crippen LogP contribution < -0.4 is 0 Å². The molecule has 1 aliphatic heterocycles. The van der Waals surface area contributed by atoms with Gasteiger partial charge in [-0.05, 0) is 43.5 Å². The van der Waals surface area contributed by atoms with Gasteiger partial charge in [0.25, 0.3) is 0 Å². The molecule has 1 aromatic heterocycles. The maximum atomic E-state index is 13.4. The Labute approximate surface area is 161 Å². The zero-order chi connectivity index (χ0) is 20.1. The smallest absolute Gasteiger partial charge is 0.323 e. The molecular formula is C19H22FN3O5. The molecule has 1 aromatic carbocycles. The second-order valence-electron chi connectivity index (χ2n) is 6.73. The third kappa shape index (κ3) is 4.92. The number of amides is 1. The molecule has 1 saturated heterocycles. The Bertz CT molecular complexity index is 848. The van der Waals surface area contributed by atoms with Gasteiger partial charge in [0, 0.05) is 37.7 Å². The van der Waals surface area contributed by atoms with Gasteiger partial charge in [0.2, 0.25) is 17.6 Å². The molecule has 1 aliphatic rings. The lowest BCUT2D eigenvalue weighted by Gasteiger charge is -2.33. The van der Waals surface area contributed by atoms with Crippen molar-refractivity contribution >= 4 is 11.9 Å². The highest BCUT2D eigenvalue weighted by Gasteiger charge is 2.27. The van der Waals surface area contributed by atoms with Crippen molar-refractivity contribution < 1.29 is 28.3 Å². The van der Waals surface area contributed by atoms with E-state index >= 15 is 0 Å². The van der Waals surface area contributed by atoms with Gasteiger partial charge in [0.15, 0.2) is 0 Å². The van der Waals surface area contributed by atoms with Crippen molar-refractivity contribution in [2.45, 2.75) is 38.6 Å². The van der Waals surface area contributed by atoms with Gasteiger partial charge in [-0.1, -0.05) is 5.16 Å². The van der Waals surface area contributed by atoms with Crippen molar-refractivity contribution in [3.05, 3.63) is 35.5 Å². The Balaban J connectivity index is 1.63. The molecule has 3 rings (SSSR count). The van der Waals surface area contributed by atoms with Crippen LogP contribution in [-0.2, 0) is 20.7 Å². The minimum absolute atomic E-state index is 0.0642. The fourth-order valence-corrected chi connectivity index (χ4v) is 3.18. The summed E-state index contributed by atoms with van der Waals surface area (Å²) in [6.07, 6.45) is 1.50. The van der Waals surface area contributed by atoms with E-state index in [9.17, 15) is 14.0 Å². The summed E-state index contributed by atoms with van der Waals surface area (Å²) < 4.78 is 23.9. The summed E-state index contributed by atoms with van der Waals surface area (Å²) in [6.45, 7) is 2.33. The Morgan fingerprint density at radius 3 is 2.75 bits per heavy atom. The summed E-state index contributed by atoms with van der Waals surface area (Å²) in [5.74, 6) is -1.05. The van der Waals surface area contributed by atoms with E-state index in [1.165, 1.54) is 11.0 Å². The first-order chi connectivity index (χ1) is 13.4. The molecule has 0 saturated carbocycles. The van der Waals surface area contributed by atoms with Crippen molar-refractivity contribution in [1.29, 1.82) is 0 Å². The number of nitrogens with zero attached hydrogens (tertiary/aromatic N) is 3. The van der Waals surface area contributed by atoms with Crippen LogP contribution in [0.1, 0.15) is 30.7 Å². The molecule has 0 aliphatic carbocycles. The molecular weight excluding hydrogens is 369 g/mol. The maximum Gasteiger partial charge on any atom is 0.323 e. The van der Waals surface area contributed by atoms with Crippen molar-refractivity contribution in [1.82, 2.24) is 15.0 Å². The predicted octanol–water partition coefficient (Wildman–Crippen LogP) is 2.21. The molecule has 1 fully saturated rings. The Morgan fingerprint density at radius 2 is 2.07 bits per heavy atom. The lowest BCUT2D eigenvalue weighted by molar-refractivity contribution is -0.147. The van der Waals surface area contributed by atoms with E-state index in [0.717, 1.165) is 0 Å². The summed E-state index contributed by atoms with van der Waals surface area (Å²) >= 11 is 0. The van der Waals surface area contributed by atoms with Crippen LogP contribution in [0.2, 0.25) is 0 Å². The molecule has 0 atom stereocenters. The molecule has 1 amide bonds. The Hall–Kier alpha value is -2.81. The summed E-state index contributed by atoms with van der Waals surface area (Å²) in [5, 5.41) is 13.0. The standard InChI is InChI=1S/C19H22FN3O5/c1-12-10-13(2-3-15(12)20)19-21-16(28-22-19)4-5-17(24)23(11-18(25)26)14-6-8-27-9-7-14/h2-3,10,14H,4-9,11H2,1H3,(H,25,26). The first-order valence-corrected chi connectivity index (χ1v) is 9.12. The number of carboxylic acid groups (broad SMARTS) is 1. The number of carbonyl (C=O) groups is 2. The van der Waals surface area contributed by atoms with Crippen LogP contribution in [0.5, 0.6) is 0 Å². The monoisotopic (exact) mass is 391 g/mol. The number of aliphatic carboxylic acids is 1. The number of benzene rings is 1. The fourth-order valence-electron chi connectivity index (χ4n) is 3.18. The van der Waals surface area contributed by atoms with Crippen molar-refractivity contribution in [3.8, 4) is 11.4 Å². The van der Waals surface area contributed by atoms with Crippen LogP contribution in [0.15, 0.2) is 22.7 Å². The topological polar surface area (TPSA) is 106 Å². The molecule has 2 heterocycles. The SMILES string of the molecule is Cc1cc(-c2noc(CCC(=O)N(CC(=O)O)C3CCOCC3)n2)ccc1F. The van der Waals surface area contributed by atoms with E-state index < -0.39 is 5.97 Å². The van der Waals surface area contributed by atoms with Gasteiger partial charge in [-0.15, -0.1) is 0 Å². The normalized spacial score (nSPS) is 14.8. The second-order valence-corrected chi connectivity index (χ2v) is 6.73. The van der Waals surface area contributed by atoms with Crippen LogP contribution in [0.3, 0.4) is 0 Å². The number of carboxylic acids is 1. The van der Waals surface area contributed by atoms with Crippen molar-refractivity contribution in [3.63, 3.8) is 0 Å². The first kappa shape index (κ1) is 19.9. The van der Waals surface area contributed by atoms with Crippen LogP contribution in [0, 0.1) is 12.7 Å². The number of aromatic nitrogens is 2. The highest BCUT2D eigenvalue weighted by atomic mass is 19.1. The van der Waals surface area contributed by atoms with Crippen LogP contribution in [0.4, 0.5) is 4.39 Å². The number of aryl methyl sites for hydroxylation is 2. The predicted molar refractivity (Wildman–Crippen MR) is 95.9 cm³/mol. The quantitative estimate of drug-likeness (QED) is 0.771. The van der Waals surface area contributed by atoms with E-state index in [1.807, 2.05) is 0 Å². The highest BCUT2D eigenvalue weighted by molar-refractivity contribution is 5.81. The van der Waals surface area contributed by atoms with Crippen LogP contribution in [-0.4, -0.2) is 57.8 Å². The molecule has 2 aromatic rings. The first-order valence-electron chi connectivity index (χ1n) is 9.12. The molecule has 150 valence electrons. The highest BCUT2D eigenvalue weighted by Crippen LogP contribution is 2.20. The zero-order valence-electron chi connectivity index (χ0n) is 15.6. The number of hydrogen-bond donors (Lipinski definition) is 1. The minimum Gasteiger partial charge on any atom is -0.480 e. The van der Waals surface area contributed by atoms with Crippen molar-refractivity contribution in [2.75, 3.05) is 19.8 Å². The van der Waals surface area contributed by atoms with Gasteiger partial charge < -0.3 is 19.3 Å². The molecule has 1 N–H and O–H groups in total. The molecule has 28 heavy (non-hydrogen) atoms. The van der Waals surface area contributed by atoms with Gasteiger partial charge in [0.05, 0.1) is 0 Å². The molecule has 8 nitrogen and oxygen atoms in total. The van der Waals surface area contributed by atoms with Crippen molar-refractivity contribution in [2.24, 2.45) is 0 Å². The summed E-state index contributed by atoms with van der Waals surface area (Å²) in [4.78, 5) is 29.4. The van der Waals surface area contributed by atoms with E-state index in [1.54, 1.807) is 19.1 Å². The van der Waals surface area contributed by atoms with E-state index in [-0.39, 0.29) is 43.0 Å². The average Bonchev–Trinajstić information content (AvgIpc) is 3.16. The number of ether oxygens (including phenoxy) is 1. The molecule has 0 spiro atoms. The van der Waals surface area contributed by atoms with Gasteiger partial charge in [0.1, 0.15) is 12.4 Å². The lowest BCUT2D eigenvalue weighted by Crippen LogP contribution is -2.46. The largest absolute Gasteiger partial charge is 0.480 e. The molecule has 0 radical (unpaired) electrons. The van der Waals surface area contributed by atoms with Gasteiger partial charge >= 0.3 is 5.97 Å². The summed E-state index contributed by atoms with van der Waals surface area (Å²) in [6, 6.07) is 4.37. The van der Waals surface area contributed by atoms with E-state index in [4.69, 9.17) is 14.4 Å². The molecule has 0 bridgehead atoms. The van der Waals surface area contributed by atoms with Crippen LogP contribution >= 0.6 is 0 Å². The van der Waals surface area contributed by atoms with E-state index in [2.05, 4.69) is 10.1 Å². The summed E-state index contributed by atoms with van der Waals surface area (Å²) in [7, 11) is 0. The minimum atomic E-state index is -1.05. The number of halogens is 1. The van der Waals surface area contributed by atoms with Gasteiger partial charge in [-0.2, -0.15) is 4.98 Å². The van der Waals surface area contributed by atoms with E-state index in [0.29, 0.717) is 43.0 Å². The third-order valence-electron chi connectivity index (χ3n) is 4.69. The molecule has 0 unspecified atom stereocenters. The second kappa shape index (κ2) is 8.92. The Morgan fingerprint density at radius 1 is 1.32 bits per heavy atom. The maximum absolute atomic E-state index is 13.4. The van der Waals surface area contributed by atoms with Gasteiger partial charge in [-0.3, -0.25) is 9.59 Å². The fraction of sp³-hybridized carbons (Fsp3) is 0.474. The average molecular weight is 391 g/mol. The lowest BCUT2D eigenvalue weighted by atomic mass is 10.1. The zero-order valence-corrected chi connectivity index (χ0v) is 15.6. The number of hydrogen-bond acceptors (Lipinski definition) is 6. The summed E-state index contributed by atoms with van der Waals surface area (Å²) in [5.41, 5.74) is 1.09. The number of rotatable bonds is 7. The number of carbonyl (C=O) groups excluding carboxylic acids is 1. The molecule has 9 heteroatoms. The van der Waals surface area contributed by atoms with Crippen LogP contribution in [0.25, 0.3) is 11.4 Å². The van der Waals surface area contributed by atoms with Gasteiger partial charge in [-0.25, -0.2) is 4.39 Å². The Kier molecular flexibility index (Phi) is 6.35. The third-order valence-corrected chi connectivity index (χ3v) is 4.69.